The first-order valence-corrected chi connectivity index (χ1v) is 7.79. The number of para-hydroxylation sites is 1. The Morgan fingerprint density at radius 1 is 0.957 bits per heavy atom. The van der Waals surface area contributed by atoms with Crippen LogP contribution in [0.25, 0.3) is 0 Å². The minimum absolute atomic E-state index is 0.124. The third kappa shape index (κ3) is 5.66. The fourth-order valence-electron chi connectivity index (χ4n) is 2.09. The molecule has 4 heteroatoms. The van der Waals surface area contributed by atoms with Crippen molar-refractivity contribution in [2.24, 2.45) is 0 Å². The van der Waals surface area contributed by atoms with Gasteiger partial charge in [0.05, 0.1) is 6.10 Å². The molecular formula is C19H23NO3. The van der Waals surface area contributed by atoms with E-state index < -0.39 is 6.10 Å². The molecule has 2 aromatic rings. The summed E-state index contributed by atoms with van der Waals surface area (Å²) in [6, 6.07) is 17.0. The first-order valence-electron chi connectivity index (χ1n) is 7.79. The van der Waals surface area contributed by atoms with E-state index in [1.807, 2.05) is 68.4 Å². The SMILES string of the molecule is CC(C)Oc1cccc(CNC(=O)[C@@H](C)Oc2ccccc2)c1. The lowest BCUT2D eigenvalue weighted by atomic mass is 10.2. The lowest BCUT2D eigenvalue weighted by Gasteiger charge is -2.15. The predicted molar refractivity (Wildman–Crippen MR) is 90.6 cm³/mol. The highest BCUT2D eigenvalue weighted by Crippen LogP contribution is 2.15. The van der Waals surface area contributed by atoms with Crippen LogP contribution in [0.4, 0.5) is 0 Å². The van der Waals surface area contributed by atoms with Crippen molar-refractivity contribution in [3.05, 3.63) is 60.2 Å². The maximum absolute atomic E-state index is 12.1. The van der Waals surface area contributed by atoms with Gasteiger partial charge in [-0.25, -0.2) is 0 Å². The van der Waals surface area contributed by atoms with Crippen LogP contribution in [-0.2, 0) is 11.3 Å². The van der Waals surface area contributed by atoms with Gasteiger partial charge in [-0.05, 0) is 50.6 Å². The quantitative estimate of drug-likeness (QED) is 0.850. The number of hydrogen-bond donors (Lipinski definition) is 1. The number of ether oxygens (including phenoxy) is 2. The van der Waals surface area contributed by atoms with Crippen LogP contribution in [-0.4, -0.2) is 18.1 Å². The molecule has 2 aromatic carbocycles. The number of rotatable bonds is 7. The molecule has 1 atom stereocenters. The van der Waals surface area contributed by atoms with Crippen LogP contribution in [0, 0.1) is 0 Å². The van der Waals surface area contributed by atoms with E-state index in [2.05, 4.69) is 5.32 Å². The standard InChI is InChI=1S/C19H23NO3/c1-14(2)22-18-11-7-8-16(12-18)13-20-19(21)15(3)23-17-9-5-4-6-10-17/h4-12,14-15H,13H2,1-3H3,(H,20,21)/t15-/m1/s1. The van der Waals surface area contributed by atoms with Crippen LogP contribution < -0.4 is 14.8 Å². The molecule has 1 N–H and O–H groups in total. The second-order valence-corrected chi connectivity index (χ2v) is 5.60. The second kappa shape index (κ2) is 8.22. The molecule has 4 nitrogen and oxygen atoms in total. The molecule has 122 valence electrons. The van der Waals surface area contributed by atoms with Crippen molar-refractivity contribution in [3.8, 4) is 11.5 Å². The maximum atomic E-state index is 12.1. The average Bonchev–Trinajstić information content (AvgIpc) is 2.53. The Kier molecular flexibility index (Phi) is 6.03. The minimum Gasteiger partial charge on any atom is -0.491 e. The smallest absolute Gasteiger partial charge is 0.261 e. The minimum atomic E-state index is -0.549. The zero-order valence-corrected chi connectivity index (χ0v) is 13.8. The molecule has 0 heterocycles. The van der Waals surface area contributed by atoms with Crippen molar-refractivity contribution in [2.45, 2.75) is 39.5 Å². The van der Waals surface area contributed by atoms with Crippen LogP contribution in [0.1, 0.15) is 26.3 Å². The fourth-order valence-corrected chi connectivity index (χ4v) is 2.09. The zero-order chi connectivity index (χ0) is 16.7. The van der Waals surface area contributed by atoms with Gasteiger partial charge in [-0.1, -0.05) is 30.3 Å². The van der Waals surface area contributed by atoms with Crippen molar-refractivity contribution < 1.29 is 14.3 Å². The number of carbonyl (C=O) groups is 1. The predicted octanol–water partition coefficient (Wildman–Crippen LogP) is 3.56. The lowest BCUT2D eigenvalue weighted by molar-refractivity contribution is -0.127. The molecule has 0 spiro atoms. The van der Waals surface area contributed by atoms with Crippen LogP contribution >= 0.6 is 0 Å². The molecule has 0 unspecified atom stereocenters. The Hall–Kier alpha value is -2.49. The Morgan fingerprint density at radius 2 is 1.65 bits per heavy atom. The Balaban J connectivity index is 1.86. The van der Waals surface area contributed by atoms with Crippen LogP contribution in [0.3, 0.4) is 0 Å². The molecule has 0 saturated heterocycles. The van der Waals surface area contributed by atoms with Gasteiger partial charge in [0.1, 0.15) is 11.5 Å². The van der Waals surface area contributed by atoms with Gasteiger partial charge in [-0.2, -0.15) is 0 Å². The topological polar surface area (TPSA) is 47.6 Å². The zero-order valence-electron chi connectivity index (χ0n) is 13.8. The van der Waals surface area contributed by atoms with E-state index in [0.717, 1.165) is 11.3 Å². The summed E-state index contributed by atoms with van der Waals surface area (Å²) in [6.45, 7) is 6.14. The first-order chi connectivity index (χ1) is 11.0. The summed E-state index contributed by atoms with van der Waals surface area (Å²) in [5, 5.41) is 2.88. The lowest BCUT2D eigenvalue weighted by Crippen LogP contribution is -2.35. The average molecular weight is 313 g/mol. The van der Waals surface area contributed by atoms with Gasteiger partial charge in [-0.15, -0.1) is 0 Å². The van der Waals surface area contributed by atoms with E-state index in [1.54, 1.807) is 6.92 Å². The van der Waals surface area contributed by atoms with Gasteiger partial charge in [0, 0.05) is 6.54 Å². The number of nitrogens with one attached hydrogen (secondary N) is 1. The van der Waals surface area contributed by atoms with Crippen molar-refractivity contribution in [3.63, 3.8) is 0 Å². The molecule has 2 rings (SSSR count). The highest BCUT2D eigenvalue weighted by Gasteiger charge is 2.14. The van der Waals surface area contributed by atoms with Crippen LogP contribution in [0.2, 0.25) is 0 Å². The van der Waals surface area contributed by atoms with Crippen molar-refractivity contribution in [1.82, 2.24) is 5.32 Å². The van der Waals surface area contributed by atoms with Crippen molar-refractivity contribution >= 4 is 5.91 Å². The molecule has 0 radical (unpaired) electrons. The maximum Gasteiger partial charge on any atom is 0.261 e. The highest BCUT2D eigenvalue weighted by atomic mass is 16.5. The summed E-state index contributed by atoms with van der Waals surface area (Å²) in [4.78, 5) is 12.1. The van der Waals surface area contributed by atoms with E-state index in [4.69, 9.17) is 9.47 Å². The normalized spacial score (nSPS) is 11.8. The van der Waals surface area contributed by atoms with Crippen molar-refractivity contribution in [2.75, 3.05) is 0 Å². The van der Waals surface area contributed by atoms with Gasteiger partial charge < -0.3 is 14.8 Å². The third-order valence-corrected chi connectivity index (χ3v) is 3.16. The molecule has 0 aliphatic rings. The number of carbonyl (C=O) groups excluding carboxylic acids is 1. The van der Waals surface area contributed by atoms with Gasteiger partial charge >= 0.3 is 0 Å². The second-order valence-electron chi connectivity index (χ2n) is 5.60. The fraction of sp³-hybridized carbons (Fsp3) is 0.316. The molecule has 0 aliphatic carbocycles. The van der Waals surface area contributed by atoms with E-state index in [1.165, 1.54) is 0 Å². The summed E-state index contributed by atoms with van der Waals surface area (Å²) >= 11 is 0. The molecule has 0 saturated carbocycles. The third-order valence-electron chi connectivity index (χ3n) is 3.16. The van der Waals surface area contributed by atoms with Gasteiger partial charge in [-0.3, -0.25) is 4.79 Å². The highest BCUT2D eigenvalue weighted by molar-refractivity contribution is 5.80. The Morgan fingerprint density at radius 3 is 2.35 bits per heavy atom. The number of amides is 1. The molecule has 0 bridgehead atoms. The molecule has 23 heavy (non-hydrogen) atoms. The van der Waals surface area contributed by atoms with E-state index in [-0.39, 0.29) is 12.0 Å². The van der Waals surface area contributed by atoms with Gasteiger partial charge in [0.2, 0.25) is 0 Å². The summed E-state index contributed by atoms with van der Waals surface area (Å²) in [6.07, 6.45) is -0.424. The van der Waals surface area contributed by atoms with E-state index in [0.29, 0.717) is 12.3 Å². The summed E-state index contributed by atoms with van der Waals surface area (Å²) in [5.41, 5.74) is 0.989. The largest absolute Gasteiger partial charge is 0.491 e. The van der Waals surface area contributed by atoms with E-state index >= 15 is 0 Å². The van der Waals surface area contributed by atoms with Crippen molar-refractivity contribution in [1.29, 1.82) is 0 Å². The number of hydrogen-bond acceptors (Lipinski definition) is 3. The molecule has 1 amide bonds. The first kappa shape index (κ1) is 16.9. The summed E-state index contributed by atoms with van der Waals surface area (Å²) in [7, 11) is 0. The molecule has 0 aromatic heterocycles. The van der Waals surface area contributed by atoms with Crippen LogP contribution in [0.15, 0.2) is 54.6 Å². The molecule has 0 fully saturated rings. The van der Waals surface area contributed by atoms with Crippen LogP contribution in [0.5, 0.6) is 11.5 Å². The monoisotopic (exact) mass is 313 g/mol. The molecule has 0 aliphatic heterocycles. The van der Waals surface area contributed by atoms with Gasteiger partial charge in [0.25, 0.3) is 5.91 Å². The van der Waals surface area contributed by atoms with E-state index in [9.17, 15) is 4.79 Å². The Labute approximate surface area is 137 Å². The number of benzene rings is 2. The molecular weight excluding hydrogens is 290 g/mol. The van der Waals surface area contributed by atoms with Gasteiger partial charge in [0.15, 0.2) is 6.10 Å². The summed E-state index contributed by atoms with van der Waals surface area (Å²) in [5.74, 6) is 1.34. The Bertz CT molecular complexity index is 626. The summed E-state index contributed by atoms with van der Waals surface area (Å²) < 4.78 is 11.3.